The van der Waals surface area contributed by atoms with E-state index in [0.717, 1.165) is 5.56 Å². The highest BCUT2D eigenvalue weighted by atomic mass is 16.5. The summed E-state index contributed by atoms with van der Waals surface area (Å²) < 4.78 is 15.2. The number of rotatable bonds is 8. The summed E-state index contributed by atoms with van der Waals surface area (Å²) in [6, 6.07) is 8.93. The van der Waals surface area contributed by atoms with Crippen molar-refractivity contribution in [1.29, 1.82) is 0 Å². The van der Waals surface area contributed by atoms with Crippen LogP contribution in [-0.2, 0) is 25.5 Å². The third-order valence-corrected chi connectivity index (χ3v) is 3.72. The van der Waals surface area contributed by atoms with Gasteiger partial charge in [-0.2, -0.15) is 0 Å². The van der Waals surface area contributed by atoms with E-state index in [4.69, 9.17) is 13.9 Å². The second kappa shape index (κ2) is 9.50. The van der Waals surface area contributed by atoms with Crippen molar-refractivity contribution in [1.82, 2.24) is 0 Å². The molecule has 0 atom stereocenters. The molecular formula is C20H21NO7. The maximum atomic E-state index is 12.2. The van der Waals surface area contributed by atoms with Crippen molar-refractivity contribution in [2.45, 2.75) is 27.2 Å². The van der Waals surface area contributed by atoms with Gasteiger partial charge in [0.25, 0.3) is 5.91 Å². The van der Waals surface area contributed by atoms with E-state index in [9.17, 15) is 19.2 Å². The molecule has 2 rings (SSSR count). The number of ether oxygens (including phenoxy) is 2. The molecule has 1 heterocycles. The van der Waals surface area contributed by atoms with Crippen LogP contribution in [0.2, 0.25) is 0 Å². The van der Waals surface area contributed by atoms with E-state index >= 15 is 0 Å². The van der Waals surface area contributed by atoms with E-state index in [2.05, 4.69) is 5.32 Å². The van der Waals surface area contributed by atoms with Gasteiger partial charge in [0, 0.05) is 0 Å². The van der Waals surface area contributed by atoms with Gasteiger partial charge in [-0.25, -0.2) is 4.79 Å². The van der Waals surface area contributed by atoms with Gasteiger partial charge in [0.1, 0.15) is 11.3 Å². The van der Waals surface area contributed by atoms with Crippen LogP contribution in [-0.4, -0.2) is 36.8 Å². The molecule has 1 aromatic heterocycles. The second-order valence-electron chi connectivity index (χ2n) is 5.89. The van der Waals surface area contributed by atoms with Gasteiger partial charge in [-0.05, 0) is 26.3 Å². The van der Waals surface area contributed by atoms with Gasteiger partial charge >= 0.3 is 11.9 Å². The summed E-state index contributed by atoms with van der Waals surface area (Å²) in [6.07, 6.45) is 0.0243. The smallest absolute Gasteiger partial charge is 0.344 e. The quantitative estimate of drug-likeness (QED) is 0.547. The van der Waals surface area contributed by atoms with E-state index in [1.807, 2.05) is 6.07 Å². The van der Waals surface area contributed by atoms with Crippen LogP contribution in [0.3, 0.4) is 0 Å². The van der Waals surface area contributed by atoms with Gasteiger partial charge < -0.3 is 13.9 Å². The summed E-state index contributed by atoms with van der Waals surface area (Å²) >= 11 is 0. The molecule has 0 aliphatic carbocycles. The molecule has 0 fully saturated rings. The third kappa shape index (κ3) is 5.29. The first-order valence-corrected chi connectivity index (χ1v) is 8.64. The normalized spacial score (nSPS) is 10.2. The molecular weight excluding hydrogens is 366 g/mol. The van der Waals surface area contributed by atoms with Crippen molar-refractivity contribution in [2.75, 3.05) is 18.5 Å². The third-order valence-electron chi connectivity index (χ3n) is 3.72. The van der Waals surface area contributed by atoms with Gasteiger partial charge in [0.2, 0.25) is 5.88 Å². The Balaban J connectivity index is 2.05. The van der Waals surface area contributed by atoms with E-state index in [1.165, 1.54) is 13.8 Å². The van der Waals surface area contributed by atoms with Crippen LogP contribution in [0, 0.1) is 6.92 Å². The lowest BCUT2D eigenvalue weighted by molar-refractivity contribution is -0.146. The van der Waals surface area contributed by atoms with Gasteiger partial charge in [-0.1, -0.05) is 30.3 Å². The first kappa shape index (κ1) is 20.9. The lowest BCUT2D eigenvalue weighted by Gasteiger charge is -2.07. The number of aryl methyl sites for hydroxylation is 1. The minimum absolute atomic E-state index is 0.0243. The molecule has 0 unspecified atom stereocenters. The zero-order valence-electron chi connectivity index (χ0n) is 15.9. The van der Waals surface area contributed by atoms with Crippen molar-refractivity contribution in [2.24, 2.45) is 0 Å². The molecule has 0 aliphatic rings. The van der Waals surface area contributed by atoms with E-state index in [1.54, 1.807) is 31.2 Å². The molecule has 0 saturated heterocycles. The van der Waals surface area contributed by atoms with Crippen molar-refractivity contribution < 1.29 is 33.1 Å². The highest BCUT2D eigenvalue weighted by Crippen LogP contribution is 2.28. The van der Waals surface area contributed by atoms with E-state index in [0.29, 0.717) is 0 Å². The fourth-order valence-corrected chi connectivity index (χ4v) is 2.58. The Kier molecular flexibility index (Phi) is 7.08. The Morgan fingerprint density at radius 2 is 1.71 bits per heavy atom. The Morgan fingerprint density at radius 3 is 2.32 bits per heavy atom. The standard InChI is InChI=1S/C20H21NO7/c1-4-26-20(25)18-17(12(2)22)13(3)28-19(18)21-15(23)11-27-16(24)10-14-8-6-5-7-9-14/h5-9H,4,10-11H2,1-3H3,(H,21,23). The fourth-order valence-electron chi connectivity index (χ4n) is 2.58. The zero-order chi connectivity index (χ0) is 20.7. The Morgan fingerprint density at radius 1 is 1.04 bits per heavy atom. The van der Waals surface area contributed by atoms with Gasteiger partial charge in [-0.3, -0.25) is 19.7 Å². The number of carbonyl (C=O) groups excluding carboxylic acids is 4. The summed E-state index contributed by atoms with van der Waals surface area (Å²) in [7, 11) is 0. The largest absolute Gasteiger partial charge is 0.462 e. The van der Waals surface area contributed by atoms with Crippen LogP contribution in [0.1, 0.15) is 45.9 Å². The Labute approximate surface area is 161 Å². The molecule has 8 heteroatoms. The number of ketones is 1. The highest BCUT2D eigenvalue weighted by Gasteiger charge is 2.28. The number of Topliss-reactive ketones (excluding diaryl/α,β-unsaturated/α-hetero) is 1. The molecule has 0 radical (unpaired) electrons. The van der Waals surface area contributed by atoms with Gasteiger partial charge in [0.15, 0.2) is 12.4 Å². The molecule has 1 N–H and O–H groups in total. The molecule has 2 aromatic rings. The number of hydrogen-bond acceptors (Lipinski definition) is 7. The number of anilines is 1. The molecule has 0 aliphatic heterocycles. The number of amides is 1. The molecule has 1 amide bonds. The van der Waals surface area contributed by atoms with E-state index in [-0.39, 0.29) is 35.8 Å². The van der Waals surface area contributed by atoms with Crippen molar-refractivity contribution in [3.05, 3.63) is 52.8 Å². The maximum Gasteiger partial charge on any atom is 0.344 e. The van der Waals surface area contributed by atoms with Gasteiger partial charge in [0.05, 0.1) is 18.6 Å². The number of hydrogen-bond donors (Lipinski definition) is 1. The summed E-state index contributed by atoms with van der Waals surface area (Å²) in [4.78, 5) is 48.0. The average Bonchev–Trinajstić information content (AvgIpc) is 2.97. The summed E-state index contributed by atoms with van der Waals surface area (Å²) in [5.74, 6) is -2.53. The first-order chi connectivity index (χ1) is 13.3. The number of benzene rings is 1. The molecule has 148 valence electrons. The second-order valence-corrected chi connectivity index (χ2v) is 5.89. The Hall–Kier alpha value is -3.42. The predicted octanol–water partition coefficient (Wildman–Crippen LogP) is 2.69. The molecule has 0 bridgehead atoms. The average molecular weight is 387 g/mol. The van der Waals surface area contributed by atoms with Crippen LogP contribution >= 0.6 is 0 Å². The molecule has 28 heavy (non-hydrogen) atoms. The van der Waals surface area contributed by atoms with Crippen LogP contribution in [0.5, 0.6) is 0 Å². The number of carbonyl (C=O) groups is 4. The summed E-state index contributed by atoms with van der Waals surface area (Å²) in [5, 5.41) is 2.35. The number of furan rings is 1. The minimum atomic E-state index is -0.791. The molecule has 8 nitrogen and oxygen atoms in total. The predicted molar refractivity (Wildman–Crippen MR) is 99.1 cm³/mol. The van der Waals surface area contributed by atoms with Gasteiger partial charge in [-0.15, -0.1) is 0 Å². The lowest BCUT2D eigenvalue weighted by Crippen LogP contribution is -2.23. The minimum Gasteiger partial charge on any atom is -0.462 e. The molecule has 0 saturated carbocycles. The maximum absolute atomic E-state index is 12.2. The summed E-state index contributed by atoms with van der Waals surface area (Å²) in [5.41, 5.74) is 0.635. The zero-order valence-corrected chi connectivity index (χ0v) is 15.9. The monoisotopic (exact) mass is 387 g/mol. The SMILES string of the molecule is CCOC(=O)c1c(NC(=O)COC(=O)Cc2ccccc2)oc(C)c1C(C)=O. The van der Waals surface area contributed by atoms with Crippen LogP contribution in [0.25, 0.3) is 0 Å². The number of esters is 2. The fraction of sp³-hybridized carbons (Fsp3) is 0.300. The van der Waals surface area contributed by atoms with E-state index < -0.39 is 30.2 Å². The van der Waals surface area contributed by atoms with Crippen LogP contribution < -0.4 is 5.32 Å². The van der Waals surface area contributed by atoms with Crippen LogP contribution in [0.15, 0.2) is 34.7 Å². The number of nitrogens with one attached hydrogen (secondary N) is 1. The first-order valence-electron chi connectivity index (χ1n) is 8.64. The Bertz CT molecular complexity index is 883. The van der Waals surface area contributed by atoms with Crippen LogP contribution in [0.4, 0.5) is 5.88 Å². The topological polar surface area (TPSA) is 112 Å². The van der Waals surface area contributed by atoms with Crippen molar-refractivity contribution in [3.8, 4) is 0 Å². The molecule has 0 spiro atoms. The lowest BCUT2D eigenvalue weighted by atomic mass is 10.1. The van der Waals surface area contributed by atoms with Crippen molar-refractivity contribution in [3.63, 3.8) is 0 Å². The molecule has 1 aromatic carbocycles. The highest BCUT2D eigenvalue weighted by molar-refractivity contribution is 6.10. The summed E-state index contributed by atoms with van der Waals surface area (Å²) in [6.45, 7) is 3.91. The van der Waals surface area contributed by atoms with Crippen molar-refractivity contribution >= 4 is 29.5 Å².